The van der Waals surface area contributed by atoms with Crippen LogP contribution in [0, 0.1) is 6.92 Å². The highest BCUT2D eigenvalue weighted by atomic mass is 32.1. The molecule has 0 N–H and O–H groups in total. The Labute approximate surface area is 157 Å². The fraction of sp³-hybridized carbons (Fsp3) is 0.500. The Balaban J connectivity index is 1.59. The van der Waals surface area contributed by atoms with Crippen LogP contribution < -0.4 is 4.90 Å². The summed E-state index contributed by atoms with van der Waals surface area (Å²) in [5.41, 5.74) is 3.47. The Morgan fingerprint density at radius 2 is 2.00 bits per heavy atom. The van der Waals surface area contributed by atoms with Gasteiger partial charge < -0.3 is 4.90 Å². The van der Waals surface area contributed by atoms with E-state index in [1.54, 1.807) is 24.3 Å². The average Bonchev–Trinajstić information content (AvgIpc) is 3.20. The van der Waals surface area contributed by atoms with Crippen molar-refractivity contribution in [3.63, 3.8) is 0 Å². The Kier molecular flexibility index (Phi) is 4.72. The first-order valence-electron chi connectivity index (χ1n) is 8.56. The molecule has 11 heteroatoms. The maximum Gasteiger partial charge on any atom is 0.453 e. The Morgan fingerprint density at radius 3 is 2.74 bits per heavy atom. The second-order valence-corrected chi connectivity index (χ2v) is 7.22. The van der Waals surface area contributed by atoms with Gasteiger partial charge in [-0.05, 0) is 13.3 Å². The van der Waals surface area contributed by atoms with Crippen LogP contribution in [0.25, 0.3) is 5.78 Å². The molecule has 0 radical (unpaired) electrons. The number of hydrogen-bond acceptors (Lipinski definition) is 7. The molecule has 7 nitrogen and oxygen atoms in total. The molecule has 0 spiro atoms. The largest absolute Gasteiger partial charge is 0.453 e. The van der Waals surface area contributed by atoms with Gasteiger partial charge >= 0.3 is 6.18 Å². The van der Waals surface area contributed by atoms with E-state index in [1.807, 2.05) is 10.9 Å². The van der Waals surface area contributed by atoms with Gasteiger partial charge in [-0.3, -0.25) is 4.90 Å². The Hall–Kier alpha value is -2.27. The molecule has 27 heavy (non-hydrogen) atoms. The average molecular weight is 397 g/mol. The van der Waals surface area contributed by atoms with Crippen molar-refractivity contribution in [3.8, 4) is 0 Å². The van der Waals surface area contributed by atoms with Gasteiger partial charge in [0, 0.05) is 49.9 Å². The molecular formula is C16H18F3N7S. The van der Waals surface area contributed by atoms with Crippen LogP contribution in [0.15, 0.2) is 17.0 Å². The van der Waals surface area contributed by atoms with Gasteiger partial charge in [-0.25, -0.2) is 9.97 Å². The maximum atomic E-state index is 13.0. The molecular weight excluding hydrogens is 379 g/mol. The van der Waals surface area contributed by atoms with Gasteiger partial charge in [-0.15, -0.1) is 16.4 Å². The van der Waals surface area contributed by atoms with Gasteiger partial charge in [0.2, 0.25) is 0 Å². The Morgan fingerprint density at radius 1 is 1.15 bits per heavy atom. The van der Waals surface area contributed by atoms with Crippen LogP contribution in [0.1, 0.15) is 23.6 Å². The van der Waals surface area contributed by atoms with Crippen molar-refractivity contribution in [1.29, 1.82) is 0 Å². The van der Waals surface area contributed by atoms with Crippen molar-refractivity contribution in [3.05, 3.63) is 34.2 Å². The molecule has 0 bridgehead atoms. The third-order valence-electron chi connectivity index (χ3n) is 4.46. The number of anilines is 1. The summed E-state index contributed by atoms with van der Waals surface area (Å²) in [5.74, 6) is -0.598. The van der Waals surface area contributed by atoms with E-state index in [4.69, 9.17) is 0 Å². The minimum absolute atomic E-state index is 0.0269. The number of thiazole rings is 1. The molecule has 1 aliphatic rings. The predicted molar refractivity (Wildman–Crippen MR) is 94.7 cm³/mol. The standard InChI is InChI=1S/C16H18F3N7S/c1-11-7-13(26-15(21-11)22-14(23-26)16(17,18)19)25-4-2-3-24(5-6-25)8-12-9-27-10-20-12/h7,9-10H,2-6,8H2,1H3. The zero-order chi connectivity index (χ0) is 19.0. The lowest BCUT2D eigenvalue weighted by atomic mass is 10.3. The maximum absolute atomic E-state index is 13.0. The minimum atomic E-state index is -4.60. The minimum Gasteiger partial charge on any atom is -0.355 e. The van der Waals surface area contributed by atoms with E-state index in [2.05, 4.69) is 29.9 Å². The molecule has 0 aromatic carbocycles. The van der Waals surface area contributed by atoms with Crippen molar-refractivity contribution in [2.45, 2.75) is 26.1 Å². The van der Waals surface area contributed by atoms with Crippen molar-refractivity contribution < 1.29 is 13.2 Å². The van der Waals surface area contributed by atoms with Gasteiger partial charge in [0.05, 0.1) is 11.2 Å². The molecule has 1 fully saturated rings. The first-order valence-corrected chi connectivity index (χ1v) is 9.50. The lowest BCUT2D eigenvalue weighted by Gasteiger charge is -2.23. The lowest BCUT2D eigenvalue weighted by molar-refractivity contribution is -0.144. The number of aryl methyl sites for hydroxylation is 1. The van der Waals surface area contributed by atoms with Crippen molar-refractivity contribution >= 4 is 22.9 Å². The lowest BCUT2D eigenvalue weighted by Crippen LogP contribution is -2.31. The molecule has 1 saturated heterocycles. The monoisotopic (exact) mass is 397 g/mol. The van der Waals surface area contributed by atoms with Crippen LogP contribution in [-0.2, 0) is 12.7 Å². The first kappa shape index (κ1) is 18.1. The van der Waals surface area contributed by atoms with Gasteiger partial charge in [-0.1, -0.05) is 0 Å². The van der Waals surface area contributed by atoms with Crippen molar-refractivity contribution in [2.75, 3.05) is 31.1 Å². The summed E-state index contributed by atoms with van der Waals surface area (Å²) in [6, 6.07) is 1.76. The first-order chi connectivity index (χ1) is 12.9. The van der Waals surface area contributed by atoms with Crippen molar-refractivity contribution in [1.82, 2.24) is 29.5 Å². The van der Waals surface area contributed by atoms with Crippen LogP contribution in [-0.4, -0.2) is 55.6 Å². The fourth-order valence-electron chi connectivity index (χ4n) is 3.22. The summed E-state index contributed by atoms with van der Waals surface area (Å²) in [7, 11) is 0. The molecule has 0 atom stereocenters. The summed E-state index contributed by atoms with van der Waals surface area (Å²) in [6.45, 7) is 5.65. The molecule has 0 unspecified atom stereocenters. The van der Waals surface area contributed by atoms with Gasteiger partial charge in [0.25, 0.3) is 11.6 Å². The topological polar surface area (TPSA) is 62.5 Å². The van der Waals surface area contributed by atoms with E-state index in [0.717, 1.165) is 38.3 Å². The fourth-order valence-corrected chi connectivity index (χ4v) is 3.77. The van der Waals surface area contributed by atoms with Crippen LogP contribution in [0.5, 0.6) is 0 Å². The second kappa shape index (κ2) is 7.04. The zero-order valence-corrected chi connectivity index (χ0v) is 15.5. The number of halogens is 3. The number of hydrogen-bond donors (Lipinski definition) is 0. The molecule has 3 aromatic rings. The number of alkyl halides is 3. The van der Waals surface area contributed by atoms with Crippen LogP contribution in [0.2, 0.25) is 0 Å². The molecule has 144 valence electrons. The van der Waals surface area contributed by atoms with Crippen LogP contribution in [0.4, 0.5) is 19.0 Å². The number of nitrogens with zero attached hydrogens (tertiary/aromatic N) is 7. The van der Waals surface area contributed by atoms with Gasteiger partial charge in [-0.2, -0.15) is 22.7 Å². The highest BCUT2D eigenvalue weighted by Crippen LogP contribution is 2.28. The summed E-state index contributed by atoms with van der Waals surface area (Å²) in [5, 5.41) is 5.70. The second-order valence-electron chi connectivity index (χ2n) is 6.50. The van der Waals surface area contributed by atoms with E-state index in [0.29, 0.717) is 18.1 Å². The zero-order valence-electron chi connectivity index (χ0n) is 14.6. The number of aromatic nitrogens is 5. The SMILES string of the molecule is Cc1cc(N2CCCN(Cc3cscn3)CC2)n2nc(C(F)(F)F)nc2n1. The van der Waals surface area contributed by atoms with Crippen molar-refractivity contribution in [2.24, 2.45) is 0 Å². The summed E-state index contributed by atoms with van der Waals surface area (Å²) in [4.78, 5) is 16.3. The molecule has 0 amide bonds. The molecule has 4 rings (SSSR count). The van der Waals surface area contributed by atoms with E-state index in [1.165, 1.54) is 4.52 Å². The van der Waals surface area contributed by atoms with Crippen LogP contribution >= 0.6 is 11.3 Å². The quantitative estimate of drug-likeness (QED) is 0.677. The third-order valence-corrected chi connectivity index (χ3v) is 5.09. The number of fused-ring (bicyclic) bond motifs is 1. The van der Waals surface area contributed by atoms with Gasteiger partial charge in [0.15, 0.2) is 0 Å². The summed E-state index contributed by atoms with van der Waals surface area (Å²) >= 11 is 1.57. The van der Waals surface area contributed by atoms with Gasteiger partial charge in [0.1, 0.15) is 5.82 Å². The van der Waals surface area contributed by atoms with E-state index in [-0.39, 0.29) is 5.78 Å². The molecule has 3 aromatic heterocycles. The summed E-state index contributed by atoms with van der Waals surface area (Å²) in [6.07, 6.45) is -3.70. The van der Waals surface area contributed by atoms with E-state index in [9.17, 15) is 13.2 Å². The molecule has 4 heterocycles. The normalized spacial score (nSPS) is 16.8. The Bertz CT molecular complexity index is 922. The highest BCUT2D eigenvalue weighted by Gasteiger charge is 2.37. The molecule has 0 aliphatic carbocycles. The highest BCUT2D eigenvalue weighted by molar-refractivity contribution is 7.07. The summed E-state index contributed by atoms with van der Waals surface area (Å²) < 4.78 is 40.2. The van der Waals surface area contributed by atoms with E-state index >= 15 is 0 Å². The van der Waals surface area contributed by atoms with E-state index < -0.39 is 12.0 Å². The molecule has 0 saturated carbocycles. The van der Waals surface area contributed by atoms with Crippen LogP contribution in [0.3, 0.4) is 0 Å². The third kappa shape index (κ3) is 3.88. The smallest absolute Gasteiger partial charge is 0.355 e. The number of rotatable bonds is 3. The molecule has 1 aliphatic heterocycles. The predicted octanol–water partition coefficient (Wildman–Crippen LogP) is 2.62.